The largest absolute Gasteiger partial charge is 0.466 e. The average molecular weight is 327 g/mol. The average Bonchev–Trinajstić information content (AvgIpc) is 3.07. The minimum absolute atomic E-state index is 0.262. The first-order valence-electron chi connectivity index (χ1n) is 7.79. The zero-order valence-corrected chi connectivity index (χ0v) is 13.6. The van der Waals surface area contributed by atoms with Gasteiger partial charge in [-0.1, -0.05) is 5.16 Å². The molecule has 8 heteroatoms. The topological polar surface area (TPSA) is 84.8 Å². The van der Waals surface area contributed by atoms with Crippen molar-refractivity contribution in [3.05, 3.63) is 0 Å². The number of fused-ring (bicyclic) bond motifs is 4. The molecule has 128 valence electrons. The molecule has 0 spiro atoms. The highest BCUT2D eigenvalue weighted by Crippen LogP contribution is 2.48. The van der Waals surface area contributed by atoms with Crippen LogP contribution in [0.5, 0.6) is 0 Å². The van der Waals surface area contributed by atoms with Crippen LogP contribution in [0.25, 0.3) is 0 Å². The molecule has 0 bridgehead atoms. The third-order valence-corrected chi connectivity index (χ3v) is 5.04. The summed E-state index contributed by atoms with van der Waals surface area (Å²) in [5.41, 5.74) is 0.0970. The number of hydrogen-bond acceptors (Lipinski definition) is 8. The first-order chi connectivity index (χ1) is 10.8. The molecule has 8 nitrogen and oxygen atoms in total. The predicted octanol–water partition coefficient (Wildman–Crippen LogP) is 0.586. The molecule has 6 atom stereocenters. The van der Waals surface area contributed by atoms with E-state index in [1.165, 1.54) is 7.11 Å². The molecule has 4 heterocycles. The van der Waals surface area contributed by atoms with Gasteiger partial charge < -0.3 is 28.5 Å². The Morgan fingerprint density at radius 2 is 2.09 bits per heavy atom. The Morgan fingerprint density at radius 1 is 1.30 bits per heavy atom. The lowest BCUT2D eigenvalue weighted by Crippen LogP contribution is -2.48. The molecule has 0 radical (unpaired) electrons. The molecule has 0 aromatic carbocycles. The molecule has 4 aliphatic heterocycles. The lowest BCUT2D eigenvalue weighted by Gasteiger charge is -2.33. The smallest absolute Gasteiger partial charge is 0.350 e. The molecule has 3 saturated heterocycles. The van der Waals surface area contributed by atoms with Crippen LogP contribution >= 0.6 is 0 Å². The van der Waals surface area contributed by atoms with Gasteiger partial charge >= 0.3 is 5.97 Å². The van der Waals surface area contributed by atoms with Crippen molar-refractivity contribution < 1.29 is 33.3 Å². The van der Waals surface area contributed by atoms with Crippen molar-refractivity contribution in [2.45, 2.75) is 63.2 Å². The molecule has 2 unspecified atom stereocenters. The first-order valence-corrected chi connectivity index (χ1v) is 7.79. The Labute approximate surface area is 134 Å². The van der Waals surface area contributed by atoms with E-state index in [-0.39, 0.29) is 18.1 Å². The van der Waals surface area contributed by atoms with Crippen molar-refractivity contribution in [3.63, 3.8) is 0 Å². The van der Waals surface area contributed by atoms with Crippen LogP contribution in [-0.4, -0.2) is 61.4 Å². The van der Waals surface area contributed by atoms with E-state index in [1.54, 1.807) is 0 Å². The third-order valence-electron chi connectivity index (χ3n) is 5.04. The van der Waals surface area contributed by atoms with E-state index >= 15 is 0 Å². The van der Waals surface area contributed by atoms with E-state index in [1.807, 2.05) is 20.8 Å². The van der Waals surface area contributed by atoms with E-state index in [0.717, 1.165) is 5.71 Å². The van der Waals surface area contributed by atoms with Crippen LogP contribution in [0.1, 0.15) is 27.2 Å². The number of oxime groups is 1. The van der Waals surface area contributed by atoms with Crippen molar-refractivity contribution in [1.82, 2.24) is 0 Å². The zero-order valence-electron chi connectivity index (χ0n) is 13.6. The zero-order chi connectivity index (χ0) is 16.4. The Balaban J connectivity index is 1.57. The molecule has 4 rings (SSSR count). The number of nitrogens with zero attached hydrogens (tertiary/aromatic N) is 1. The number of rotatable bonds is 1. The van der Waals surface area contributed by atoms with Gasteiger partial charge in [0.2, 0.25) is 6.10 Å². The minimum atomic E-state index is -0.759. The molecular weight excluding hydrogens is 306 g/mol. The summed E-state index contributed by atoms with van der Waals surface area (Å²) in [7, 11) is 1.33. The Morgan fingerprint density at radius 3 is 2.83 bits per heavy atom. The second-order valence-corrected chi connectivity index (χ2v) is 6.99. The van der Waals surface area contributed by atoms with Crippen molar-refractivity contribution in [1.29, 1.82) is 0 Å². The van der Waals surface area contributed by atoms with E-state index in [9.17, 15) is 4.79 Å². The number of ether oxygens (including phenoxy) is 5. The van der Waals surface area contributed by atoms with Crippen LogP contribution in [0.3, 0.4) is 0 Å². The first kappa shape index (κ1) is 15.3. The summed E-state index contributed by atoms with van der Waals surface area (Å²) in [6, 6.07) is 0. The molecule has 0 aliphatic carbocycles. The Bertz CT molecular complexity index is 562. The summed E-state index contributed by atoms with van der Waals surface area (Å²) in [6.07, 6.45) is -1.30. The third kappa shape index (κ3) is 2.20. The number of hydrogen-bond donors (Lipinski definition) is 0. The van der Waals surface area contributed by atoms with Gasteiger partial charge in [-0.05, 0) is 20.8 Å². The van der Waals surface area contributed by atoms with E-state index in [4.69, 9.17) is 28.5 Å². The van der Waals surface area contributed by atoms with Crippen LogP contribution < -0.4 is 0 Å². The summed E-state index contributed by atoms with van der Waals surface area (Å²) in [6.45, 7) is 5.96. The maximum atomic E-state index is 11.8. The van der Waals surface area contributed by atoms with Gasteiger partial charge in [0, 0.05) is 6.42 Å². The summed E-state index contributed by atoms with van der Waals surface area (Å²) in [5.74, 6) is -1.42. The molecule has 3 fully saturated rings. The van der Waals surface area contributed by atoms with Gasteiger partial charge in [-0.3, -0.25) is 0 Å². The van der Waals surface area contributed by atoms with Crippen LogP contribution in [0.15, 0.2) is 5.16 Å². The number of esters is 1. The molecule has 0 N–H and O–H groups in total. The standard InChI is InChI=1S/C15H21NO7/c1-14(2)21-11-13(22-14)20-9-5-8-7(6-19-15(9,11)3)10(23-16-8)12(17)18-4/h7,9-11,13H,5-6H2,1-4H3/t7?,9-,10?,11+,13-,15-/m1/s1. The van der Waals surface area contributed by atoms with Gasteiger partial charge in [-0.15, -0.1) is 0 Å². The monoisotopic (exact) mass is 327 g/mol. The van der Waals surface area contributed by atoms with Gasteiger partial charge in [0.25, 0.3) is 0 Å². The normalized spacial score (nSPS) is 47.0. The SMILES string of the molecule is COC(=O)C1ON=C2C[C@H]3O[C@@H]4OC(C)(C)O[C@@H]4[C@]3(C)OCC21. The van der Waals surface area contributed by atoms with Gasteiger partial charge in [-0.2, -0.15) is 0 Å². The van der Waals surface area contributed by atoms with E-state index < -0.39 is 29.8 Å². The Kier molecular flexibility index (Phi) is 3.26. The Hall–Kier alpha value is -1.22. The van der Waals surface area contributed by atoms with Crippen LogP contribution in [0, 0.1) is 5.92 Å². The predicted molar refractivity (Wildman–Crippen MR) is 75.5 cm³/mol. The lowest BCUT2D eigenvalue weighted by molar-refractivity contribution is -0.232. The fourth-order valence-corrected chi connectivity index (χ4v) is 3.72. The number of carbonyl (C=O) groups excluding carboxylic acids is 1. The summed E-state index contributed by atoms with van der Waals surface area (Å²) in [4.78, 5) is 17.1. The minimum Gasteiger partial charge on any atom is -0.466 e. The molecule has 0 amide bonds. The summed E-state index contributed by atoms with van der Waals surface area (Å²) in [5, 5.41) is 4.06. The van der Waals surface area contributed by atoms with Crippen molar-refractivity contribution in [3.8, 4) is 0 Å². The van der Waals surface area contributed by atoms with Crippen LogP contribution in [-0.2, 0) is 33.3 Å². The molecular formula is C15H21NO7. The van der Waals surface area contributed by atoms with Crippen LogP contribution in [0.4, 0.5) is 0 Å². The van der Waals surface area contributed by atoms with Crippen molar-refractivity contribution in [2.24, 2.45) is 11.1 Å². The fourth-order valence-electron chi connectivity index (χ4n) is 3.72. The van der Waals surface area contributed by atoms with Gasteiger partial charge in [0.15, 0.2) is 12.1 Å². The van der Waals surface area contributed by atoms with Gasteiger partial charge in [-0.25, -0.2) is 4.79 Å². The summed E-state index contributed by atoms with van der Waals surface area (Å²) < 4.78 is 28.7. The molecule has 0 saturated carbocycles. The highest BCUT2D eigenvalue weighted by Gasteiger charge is 2.64. The van der Waals surface area contributed by atoms with Gasteiger partial charge in [0.1, 0.15) is 11.7 Å². The highest BCUT2D eigenvalue weighted by molar-refractivity contribution is 5.94. The number of carbonyl (C=O) groups is 1. The highest BCUT2D eigenvalue weighted by atomic mass is 16.8. The van der Waals surface area contributed by atoms with E-state index in [2.05, 4.69) is 5.16 Å². The summed E-state index contributed by atoms with van der Waals surface area (Å²) >= 11 is 0. The molecule has 0 aromatic heterocycles. The maximum absolute atomic E-state index is 11.8. The quantitative estimate of drug-likeness (QED) is 0.652. The second kappa shape index (κ2) is 4.89. The molecule has 23 heavy (non-hydrogen) atoms. The van der Waals surface area contributed by atoms with Crippen molar-refractivity contribution >= 4 is 11.7 Å². The lowest BCUT2D eigenvalue weighted by atomic mass is 9.89. The van der Waals surface area contributed by atoms with E-state index in [0.29, 0.717) is 13.0 Å². The second-order valence-electron chi connectivity index (χ2n) is 6.99. The molecule has 0 aromatic rings. The van der Waals surface area contributed by atoms with Gasteiger partial charge in [0.05, 0.1) is 31.5 Å². The fraction of sp³-hybridized carbons (Fsp3) is 0.867. The van der Waals surface area contributed by atoms with Crippen molar-refractivity contribution in [2.75, 3.05) is 13.7 Å². The molecule has 4 aliphatic rings. The maximum Gasteiger partial charge on any atom is 0.350 e. The number of methoxy groups -OCH3 is 1. The van der Waals surface area contributed by atoms with Crippen LogP contribution in [0.2, 0.25) is 0 Å².